The summed E-state index contributed by atoms with van der Waals surface area (Å²) in [5.41, 5.74) is 6.99. The van der Waals surface area contributed by atoms with Gasteiger partial charge in [0.25, 0.3) is 5.91 Å². The van der Waals surface area contributed by atoms with Gasteiger partial charge >= 0.3 is 0 Å². The Labute approximate surface area is 116 Å². The first-order valence-corrected chi connectivity index (χ1v) is 6.12. The maximum atomic E-state index is 13.6. The van der Waals surface area contributed by atoms with E-state index in [0.717, 1.165) is 11.6 Å². The predicted molar refractivity (Wildman–Crippen MR) is 74.8 cm³/mol. The minimum Gasteiger partial charge on any atom is -0.508 e. The third-order valence-electron chi connectivity index (χ3n) is 2.98. The molecule has 20 heavy (non-hydrogen) atoms. The molecule has 0 fully saturated rings. The monoisotopic (exact) mass is 274 g/mol. The van der Waals surface area contributed by atoms with Crippen LogP contribution in [0.2, 0.25) is 0 Å². The van der Waals surface area contributed by atoms with Crippen molar-refractivity contribution in [3.63, 3.8) is 0 Å². The molecule has 0 spiro atoms. The predicted octanol–water partition coefficient (Wildman–Crippen LogP) is 2.60. The number of benzene rings is 2. The van der Waals surface area contributed by atoms with Crippen molar-refractivity contribution in [3.8, 4) is 5.75 Å². The second-order valence-electron chi connectivity index (χ2n) is 4.53. The van der Waals surface area contributed by atoms with E-state index >= 15 is 0 Å². The van der Waals surface area contributed by atoms with E-state index in [1.165, 1.54) is 12.1 Å². The molecule has 104 valence electrons. The Morgan fingerprint density at radius 1 is 1.25 bits per heavy atom. The van der Waals surface area contributed by atoms with Crippen LogP contribution in [0.1, 0.15) is 28.9 Å². The Hall–Kier alpha value is -2.56. The van der Waals surface area contributed by atoms with Gasteiger partial charge in [-0.3, -0.25) is 4.79 Å². The molecule has 2 aromatic rings. The van der Waals surface area contributed by atoms with E-state index in [-0.39, 0.29) is 17.4 Å². The number of phenols is 1. The third kappa shape index (κ3) is 3.06. The highest BCUT2D eigenvalue weighted by molar-refractivity contribution is 5.94. The van der Waals surface area contributed by atoms with Crippen molar-refractivity contribution >= 4 is 11.6 Å². The Balaban J connectivity index is 2.13. The Kier molecular flexibility index (Phi) is 3.89. The Morgan fingerprint density at radius 3 is 2.50 bits per heavy atom. The summed E-state index contributed by atoms with van der Waals surface area (Å²) in [7, 11) is 0. The fourth-order valence-electron chi connectivity index (χ4n) is 1.83. The second-order valence-corrected chi connectivity index (χ2v) is 4.53. The molecular formula is C15H15FN2O2. The van der Waals surface area contributed by atoms with Gasteiger partial charge in [0.1, 0.15) is 11.6 Å². The van der Waals surface area contributed by atoms with Crippen molar-refractivity contribution in [1.82, 2.24) is 5.32 Å². The van der Waals surface area contributed by atoms with Gasteiger partial charge in [0.15, 0.2) is 0 Å². The lowest BCUT2D eigenvalue weighted by Crippen LogP contribution is -2.27. The maximum absolute atomic E-state index is 13.6. The van der Waals surface area contributed by atoms with Crippen LogP contribution >= 0.6 is 0 Å². The van der Waals surface area contributed by atoms with E-state index in [1.54, 1.807) is 31.2 Å². The Bertz CT molecular complexity index is 626. The van der Waals surface area contributed by atoms with Gasteiger partial charge in [0.05, 0.1) is 11.6 Å². The van der Waals surface area contributed by atoms with E-state index in [1.807, 2.05) is 0 Å². The van der Waals surface area contributed by atoms with Crippen LogP contribution in [-0.4, -0.2) is 11.0 Å². The molecule has 0 saturated carbocycles. The van der Waals surface area contributed by atoms with Crippen molar-refractivity contribution in [2.45, 2.75) is 13.0 Å². The first-order chi connectivity index (χ1) is 9.47. The normalized spacial score (nSPS) is 11.9. The van der Waals surface area contributed by atoms with E-state index in [9.17, 15) is 9.18 Å². The minimum absolute atomic E-state index is 0.106. The molecule has 1 unspecified atom stereocenters. The van der Waals surface area contributed by atoms with Crippen LogP contribution in [-0.2, 0) is 0 Å². The number of phenolic OH excluding ortho intramolecular Hbond substituents is 1. The second kappa shape index (κ2) is 5.61. The van der Waals surface area contributed by atoms with E-state index in [2.05, 4.69) is 5.32 Å². The molecular weight excluding hydrogens is 259 g/mol. The van der Waals surface area contributed by atoms with Crippen LogP contribution in [0.5, 0.6) is 5.75 Å². The molecule has 1 atom stereocenters. The standard InChI is InChI=1S/C15H15FN2O2/c1-9(10-2-4-11(17)5-3-10)18-15(20)13-7-6-12(19)8-14(13)16/h2-9,19H,17H2,1H3,(H,18,20). The SMILES string of the molecule is CC(NC(=O)c1ccc(O)cc1F)c1ccc(N)cc1. The number of hydrogen-bond acceptors (Lipinski definition) is 3. The number of aromatic hydroxyl groups is 1. The fraction of sp³-hybridized carbons (Fsp3) is 0.133. The molecule has 5 heteroatoms. The number of anilines is 1. The lowest BCUT2D eigenvalue weighted by atomic mass is 10.1. The quantitative estimate of drug-likeness (QED) is 0.753. The molecule has 0 aliphatic rings. The molecule has 2 rings (SSSR count). The van der Waals surface area contributed by atoms with Crippen LogP contribution in [0.15, 0.2) is 42.5 Å². The minimum atomic E-state index is -0.757. The fourth-order valence-corrected chi connectivity index (χ4v) is 1.83. The van der Waals surface area contributed by atoms with Gasteiger partial charge in [0.2, 0.25) is 0 Å². The van der Waals surface area contributed by atoms with Crippen LogP contribution in [0.3, 0.4) is 0 Å². The average Bonchev–Trinajstić information content (AvgIpc) is 2.39. The van der Waals surface area contributed by atoms with Crippen LogP contribution in [0, 0.1) is 5.82 Å². The van der Waals surface area contributed by atoms with Crippen LogP contribution in [0.4, 0.5) is 10.1 Å². The summed E-state index contributed by atoms with van der Waals surface area (Å²) in [4.78, 5) is 12.0. The molecule has 0 saturated heterocycles. The topological polar surface area (TPSA) is 75.3 Å². The van der Waals surface area contributed by atoms with Gasteiger partial charge < -0.3 is 16.2 Å². The van der Waals surface area contributed by atoms with Gasteiger partial charge in [0, 0.05) is 11.8 Å². The van der Waals surface area contributed by atoms with Crippen molar-refractivity contribution in [2.24, 2.45) is 0 Å². The van der Waals surface area contributed by atoms with Crippen molar-refractivity contribution in [2.75, 3.05) is 5.73 Å². The number of carbonyl (C=O) groups excluding carboxylic acids is 1. The zero-order valence-corrected chi connectivity index (χ0v) is 10.9. The van der Waals surface area contributed by atoms with Gasteiger partial charge in [-0.15, -0.1) is 0 Å². The van der Waals surface area contributed by atoms with Gasteiger partial charge in [-0.1, -0.05) is 12.1 Å². The largest absolute Gasteiger partial charge is 0.508 e. The summed E-state index contributed by atoms with van der Waals surface area (Å²) in [6.07, 6.45) is 0. The zero-order valence-electron chi connectivity index (χ0n) is 10.9. The molecule has 2 aromatic carbocycles. The zero-order chi connectivity index (χ0) is 14.7. The number of amides is 1. The maximum Gasteiger partial charge on any atom is 0.254 e. The smallest absolute Gasteiger partial charge is 0.254 e. The first-order valence-electron chi connectivity index (χ1n) is 6.12. The van der Waals surface area contributed by atoms with E-state index in [4.69, 9.17) is 10.8 Å². The summed E-state index contributed by atoms with van der Waals surface area (Å²) in [5.74, 6) is -1.51. The van der Waals surface area contributed by atoms with Crippen molar-refractivity contribution in [3.05, 3.63) is 59.4 Å². The molecule has 0 radical (unpaired) electrons. The van der Waals surface area contributed by atoms with Crippen molar-refractivity contribution in [1.29, 1.82) is 0 Å². The third-order valence-corrected chi connectivity index (χ3v) is 2.98. The number of halogens is 1. The lowest BCUT2D eigenvalue weighted by Gasteiger charge is -2.15. The number of rotatable bonds is 3. The van der Waals surface area contributed by atoms with Gasteiger partial charge in [-0.2, -0.15) is 0 Å². The van der Waals surface area contributed by atoms with Gasteiger partial charge in [-0.05, 0) is 36.8 Å². The summed E-state index contributed by atoms with van der Waals surface area (Å²) in [6, 6.07) is 10.2. The number of nitrogens with two attached hydrogens (primary N) is 1. The highest BCUT2D eigenvalue weighted by Gasteiger charge is 2.15. The molecule has 4 N–H and O–H groups in total. The highest BCUT2D eigenvalue weighted by atomic mass is 19.1. The summed E-state index contributed by atoms with van der Waals surface area (Å²) in [6.45, 7) is 1.79. The molecule has 0 heterocycles. The van der Waals surface area contributed by atoms with Crippen LogP contribution < -0.4 is 11.1 Å². The number of carbonyl (C=O) groups is 1. The molecule has 4 nitrogen and oxygen atoms in total. The summed E-state index contributed by atoms with van der Waals surface area (Å²) >= 11 is 0. The number of hydrogen-bond donors (Lipinski definition) is 3. The lowest BCUT2D eigenvalue weighted by molar-refractivity contribution is 0.0936. The molecule has 0 aromatic heterocycles. The van der Waals surface area contributed by atoms with Crippen molar-refractivity contribution < 1.29 is 14.3 Å². The first kappa shape index (κ1) is 13.9. The molecule has 0 bridgehead atoms. The van der Waals surface area contributed by atoms with E-state index in [0.29, 0.717) is 5.69 Å². The van der Waals surface area contributed by atoms with E-state index < -0.39 is 11.7 Å². The Morgan fingerprint density at radius 2 is 1.90 bits per heavy atom. The number of nitrogen functional groups attached to an aromatic ring is 1. The molecule has 1 amide bonds. The van der Waals surface area contributed by atoms with Crippen LogP contribution in [0.25, 0.3) is 0 Å². The highest BCUT2D eigenvalue weighted by Crippen LogP contribution is 2.18. The molecule has 0 aliphatic heterocycles. The van der Waals surface area contributed by atoms with Gasteiger partial charge in [-0.25, -0.2) is 4.39 Å². The summed E-state index contributed by atoms with van der Waals surface area (Å²) in [5, 5.41) is 11.8. The average molecular weight is 274 g/mol. The number of nitrogens with one attached hydrogen (secondary N) is 1. The molecule has 0 aliphatic carbocycles. The summed E-state index contributed by atoms with van der Waals surface area (Å²) < 4.78 is 13.6.